The summed E-state index contributed by atoms with van der Waals surface area (Å²) in [7, 11) is -1.91. The van der Waals surface area contributed by atoms with Crippen molar-refractivity contribution in [3.8, 4) is 0 Å². The monoisotopic (exact) mass is 518 g/mol. The first-order chi connectivity index (χ1) is 17.3. The maximum atomic E-state index is 13.2. The molecule has 1 N–H and O–H groups in total. The number of aromatic amines is 1. The van der Waals surface area contributed by atoms with Crippen LogP contribution in [0.3, 0.4) is 0 Å². The van der Waals surface area contributed by atoms with Crippen molar-refractivity contribution in [1.82, 2.24) is 29.0 Å². The fraction of sp³-hybridized carbons (Fsp3) is 0.640. The highest BCUT2D eigenvalue weighted by molar-refractivity contribution is 7.92. The Balaban J connectivity index is 1.55. The predicted molar refractivity (Wildman–Crippen MR) is 141 cm³/mol. The summed E-state index contributed by atoms with van der Waals surface area (Å²) in [5, 5.41) is 5.64. The number of aromatic nitrogens is 4. The van der Waals surface area contributed by atoms with Crippen LogP contribution < -0.4 is 5.56 Å². The molecule has 0 atom stereocenters. The molecule has 2 aromatic rings. The first-order valence-electron chi connectivity index (χ1n) is 13.0. The highest BCUT2D eigenvalue weighted by Gasteiger charge is 2.30. The minimum Gasteiger partial charge on any atom is -0.501 e. The standard InChI is InChI=1S/C25H38N6O4S/c1-4-9-21-22-23(29(3)28-21)25(32)27-24(26-22)19(18-35-5-2)12-17-36(33,34)31-15-10-20(11-16-31)30-13-7-6-8-14-30/h12,17-18,20H,4-11,13-16H2,1-3H3,(H,26,27,32)/b17-12-,19-18-. The summed E-state index contributed by atoms with van der Waals surface area (Å²) >= 11 is 0. The third-order valence-electron chi connectivity index (χ3n) is 7.01. The Labute approximate surface area is 213 Å². The van der Waals surface area contributed by atoms with Crippen molar-refractivity contribution < 1.29 is 13.2 Å². The Hall–Kier alpha value is -2.50. The van der Waals surface area contributed by atoms with Crippen LogP contribution in [-0.4, -0.2) is 76.2 Å². The SMILES string of the molecule is CCCc1nn(C)c2c(=O)[nH]c(C(/C=C\S(=O)(=O)N3CCC(N4CCCCC4)CC3)=C\OCC)nc12. The second-order valence-electron chi connectivity index (χ2n) is 9.54. The van der Waals surface area contributed by atoms with Crippen molar-refractivity contribution in [2.45, 2.75) is 64.8 Å². The maximum Gasteiger partial charge on any atom is 0.277 e. The van der Waals surface area contributed by atoms with Gasteiger partial charge in [0.1, 0.15) is 11.3 Å². The highest BCUT2D eigenvalue weighted by atomic mass is 32.2. The van der Waals surface area contributed by atoms with Gasteiger partial charge in [0.15, 0.2) is 5.52 Å². The van der Waals surface area contributed by atoms with Crippen molar-refractivity contribution in [3.05, 3.63) is 39.6 Å². The summed E-state index contributed by atoms with van der Waals surface area (Å²) in [6.45, 7) is 7.53. The Morgan fingerprint density at radius 1 is 1.14 bits per heavy atom. The van der Waals surface area contributed by atoms with Crippen LogP contribution in [0.15, 0.2) is 22.5 Å². The van der Waals surface area contributed by atoms with E-state index in [0.717, 1.165) is 38.0 Å². The highest BCUT2D eigenvalue weighted by Crippen LogP contribution is 2.24. The fourth-order valence-corrected chi connectivity index (χ4v) is 6.34. The number of piperidine rings is 2. The van der Waals surface area contributed by atoms with Crippen molar-refractivity contribution in [2.24, 2.45) is 7.05 Å². The summed E-state index contributed by atoms with van der Waals surface area (Å²) in [5.41, 5.74) is 1.72. The number of rotatable bonds is 9. The average Bonchev–Trinajstić information content (AvgIpc) is 3.20. The largest absolute Gasteiger partial charge is 0.501 e. The minimum atomic E-state index is -3.63. The van der Waals surface area contributed by atoms with E-state index in [2.05, 4.69) is 20.0 Å². The number of aryl methyl sites for hydroxylation is 2. The van der Waals surface area contributed by atoms with Crippen LogP contribution in [0.4, 0.5) is 0 Å². The molecule has 4 heterocycles. The number of hydrogen-bond donors (Lipinski definition) is 1. The number of likely N-dealkylation sites (tertiary alicyclic amines) is 1. The predicted octanol–water partition coefficient (Wildman–Crippen LogP) is 2.78. The fourth-order valence-electron chi connectivity index (χ4n) is 5.13. The molecule has 0 spiro atoms. The number of hydrogen-bond acceptors (Lipinski definition) is 7. The van der Waals surface area contributed by atoms with Gasteiger partial charge >= 0.3 is 0 Å². The van der Waals surface area contributed by atoms with Gasteiger partial charge in [-0.05, 0) is 58.2 Å². The quantitative estimate of drug-likeness (QED) is 0.401. The molecule has 0 bridgehead atoms. The van der Waals surface area contributed by atoms with E-state index < -0.39 is 10.0 Å². The molecular weight excluding hydrogens is 480 g/mol. The summed E-state index contributed by atoms with van der Waals surface area (Å²) in [4.78, 5) is 22.8. The van der Waals surface area contributed by atoms with E-state index in [0.29, 0.717) is 48.8 Å². The van der Waals surface area contributed by atoms with Crippen LogP contribution in [0, 0.1) is 0 Å². The number of nitrogens with zero attached hydrogens (tertiary/aromatic N) is 5. The average molecular weight is 519 g/mol. The number of fused-ring (bicyclic) bond motifs is 1. The summed E-state index contributed by atoms with van der Waals surface area (Å²) in [5.74, 6) is 0.251. The van der Waals surface area contributed by atoms with E-state index in [4.69, 9.17) is 4.74 Å². The van der Waals surface area contributed by atoms with Crippen LogP contribution in [0.1, 0.15) is 63.9 Å². The topological polar surface area (TPSA) is 113 Å². The molecule has 0 saturated carbocycles. The second-order valence-corrected chi connectivity index (χ2v) is 11.4. The molecule has 0 unspecified atom stereocenters. The third kappa shape index (κ3) is 5.90. The molecule has 198 valence electrons. The first kappa shape index (κ1) is 26.6. The molecule has 10 nitrogen and oxygen atoms in total. The smallest absolute Gasteiger partial charge is 0.277 e. The molecular formula is C25H38N6O4S. The molecule has 2 aromatic heterocycles. The van der Waals surface area contributed by atoms with Crippen molar-refractivity contribution in [1.29, 1.82) is 0 Å². The lowest BCUT2D eigenvalue weighted by atomic mass is 10.0. The lowest BCUT2D eigenvalue weighted by molar-refractivity contribution is 0.118. The van der Waals surface area contributed by atoms with Crippen LogP contribution in [0.2, 0.25) is 0 Å². The summed E-state index contributed by atoms with van der Waals surface area (Å²) in [6.07, 6.45) is 9.91. The molecule has 0 aromatic carbocycles. The lowest BCUT2D eigenvalue weighted by Crippen LogP contribution is -2.47. The van der Waals surface area contributed by atoms with Crippen LogP contribution >= 0.6 is 0 Å². The number of nitrogens with one attached hydrogen (secondary N) is 1. The molecule has 0 aliphatic carbocycles. The van der Waals surface area contributed by atoms with Gasteiger partial charge in [-0.25, -0.2) is 13.4 Å². The van der Waals surface area contributed by atoms with Gasteiger partial charge < -0.3 is 14.6 Å². The van der Waals surface area contributed by atoms with Gasteiger partial charge in [0.2, 0.25) is 10.0 Å². The molecule has 2 fully saturated rings. The number of H-pyrrole nitrogens is 1. The Bertz CT molecular complexity index is 1270. The van der Waals surface area contributed by atoms with E-state index in [-0.39, 0.29) is 11.4 Å². The Morgan fingerprint density at radius 2 is 1.86 bits per heavy atom. The zero-order chi connectivity index (χ0) is 25.7. The zero-order valence-corrected chi connectivity index (χ0v) is 22.4. The molecule has 0 amide bonds. The minimum absolute atomic E-state index is 0.251. The van der Waals surface area contributed by atoms with Crippen molar-refractivity contribution >= 4 is 26.6 Å². The number of sulfonamides is 1. The maximum absolute atomic E-state index is 13.2. The molecule has 36 heavy (non-hydrogen) atoms. The van der Waals surface area contributed by atoms with E-state index in [1.54, 1.807) is 11.4 Å². The number of allylic oxidation sites excluding steroid dienone is 2. The third-order valence-corrected chi connectivity index (χ3v) is 8.57. The van der Waals surface area contributed by atoms with E-state index >= 15 is 0 Å². The first-order valence-corrected chi connectivity index (χ1v) is 14.5. The van der Waals surface area contributed by atoms with Gasteiger partial charge in [-0.2, -0.15) is 9.40 Å². The molecule has 11 heteroatoms. The van der Waals surface area contributed by atoms with Gasteiger partial charge in [0.25, 0.3) is 5.56 Å². The second kappa shape index (κ2) is 11.7. The van der Waals surface area contributed by atoms with Gasteiger partial charge in [0, 0.05) is 31.6 Å². The molecule has 2 aliphatic heterocycles. The Kier molecular flexibility index (Phi) is 8.63. The van der Waals surface area contributed by atoms with Crippen molar-refractivity contribution in [3.63, 3.8) is 0 Å². The zero-order valence-electron chi connectivity index (χ0n) is 21.6. The lowest BCUT2D eigenvalue weighted by Gasteiger charge is -2.39. The molecule has 2 aliphatic rings. The summed E-state index contributed by atoms with van der Waals surface area (Å²) in [6, 6.07) is 0.465. The summed E-state index contributed by atoms with van der Waals surface area (Å²) < 4.78 is 34.9. The van der Waals surface area contributed by atoms with E-state index in [9.17, 15) is 13.2 Å². The molecule has 4 rings (SSSR count). The van der Waals surface area contributed by atoms with E-state index in [1.807, 2.05) is 13.8 Å². The van der Waals surface area contributed by atoms with Crippen molar-refractivity contribution in [2.75, 3.05) is 32.8 Å². The number of ether oxygens (including phenoxy) is 1. The van der Waals surface area contributed by atoms with Crippen LogP contribution in [-0.2, 0) is 28.2 Å². The molecule has 0 radical (unpaired) electrons. The van der Waals surface area contributed by atoms with Gasteiger partial charge in [0.05, 0.1) is 24.1 Å². The van der Waals surface area contributed by atoms with E-state index in [1.165, 1.54) is 41.7 Å². The van der Waals surface area contributed by atoms with Gasteiger partial charge in [-0.3, -0.25) is 9.48 Å². The van der Waals surface area contributed by atoms with Crippen LogP contribution in [0.5, 0.6) is 0 Å². The Morgan fingerprint density at radius 3 is 2.53 bits per heavy atom. The van der Waals surface area contributed by atoms with Gasteiger partial charge in [-0.15, -0.1) is 0 Å². The normalized spacial score (nSPS) is 19.5. The van der Waals surface area contributed by atoms with Gasteiger partial charge in [-0.1, -0.05) is 19.8 Å². The van der Waals surface area contributed by atoms with Crippen LogP contribution in [0.25, 0.3) is 16.6 Å². The molecule has 2 saturated heterocycles.